The van der Waals surface area contributed by atoms with Crippen molar-refractivity contribution in [2.24, 2.45) is 16.6 Å². The van der Waals surface area contributed by atoms with E-state index in [9.17, 15) is 4.79 Å². The van der Waals surface area contributed by atoms with E-state index in [0.717, 1.165) is 30.6 Å². The molecule has 126 valence electrons. The zero-order valence-electron chi connectivity index (χ0n) is 14.3. The first kappa shape index (κ1) is 16.6. The Morgan fingerprint density at radius 1 is 1.42 bits per heavy atom. The molecule has 1 aromatic heterocycles. The molecule has 1 fully saturated rings. The third kappa shape index (κ3) is 3.46. The van der Waals surface area contributed by atoms with Crippen molar-refractivity contribution in [1.82, 2.24) is 9.88 Å². The van der Waals surface area contributed by atoms with E-state index >= 15 is 0 Å². The van der Waals surface area contributed by atoms with Crippen molar-refractivity contribution in [2.75, 3.05) is 26.7 Å². The van der Waals surface area contributed by atoms with Crippen LogP contribution in [0.15, 0.2) is 35.5 Å². The van der Waals surface area contributed by atoms with E-state index in [-0.39, 0.29) is 5.91 Å². The number of pyridine rings is 1. The van der Waals surface area contributed by atoms with Gasteiger partial charge in [0.1, 0.15) is 0 Å². The molecule has 2 N–H and O–H groups in total. The topological polar surface area (TPSA) is 71.6 Å². The third-order valence-corrected chi connectivity index (χ3v) is 4.66. The fourth-order valence-corrected chi connectivity index (χ4v) is 3.85. The summed E-state index contributed by atoms with van der Waals surface area (Å²) in [5.74, 6) is 0.656. The maximum Gasteiger partial charge on any atom is 0.231 e. The number of primary amides is 1. The number of rotatable bonds is 4. The molecule has 1 amide bonds. The van der Waals surface area contributed by atoms with E-state index in [1.807, 2.05) is 18.5 Å². The molecule has 5 heteroatoms. The van der Waals surface area contributed by atoms with Crippen LogP contribution in [-0.4, -0.2) is 48.7 Å². The molecule has 2 aromatic rings. The van der Waals surface area contributed by atoms with Crippen molar-refractivity contribution >= 4 is 23.0 Å². The Morgan fingerprint density at radius 3 is 3.00 bits per heavy atom. The van der Waals surface area contributed by atoms with Crippen LogP contribution < -0.4 is 5.73 Å². The molecule has 1 aromatic carbocycles. The molecule has 24 heavy (non-hydrogen) atoms. The highest BCUT2D eigenvalue weighted by Crippen LogP contribution is 2.34. The van der Waals surface area contributed by atoms with Crippen LogP contribution in [0.1, 0.15) is 30.4 Å². The molecule has 1 saturated heterocycles. The molecular weight excluding hydrogens is 300 g/mol. The summed E-state index contributed by atoms with van der Waals surface area (Å²) in [5, 5.41) is 1.17. The first-order valence-electron chi connectivity index (χ1n) is 8.39. The van der Waals surface area contributed by atoms with E-state index in [2.05, 4.69) is 40.0 Å². The number of benzene rings is 1. The Labute approximate surface area is 142 Å². The van der Waals surface area contributed by atoms with Gasteiger partial charge in [-0.05, 0) is 29.9 Å². The van der Waals surface area contributed by atoms with Crippen molar-refractivity contribution < 1.29 is 4.79 Å². The fraction of sp³-hybridized carbons (Fsp3) is 0.421. The molecule has 1 aliphatic rings. The number of fused-ring (bicyclic) bond motifs is 1. The summed E-state index contributed by atoms with van der Waals surface area (Å²) in [4.78, 5) is 22.2. The van der Waals surface area contributed by atoms with E-state index in [1.54, 1.807) is 7.05 Å². The van der Waals surface area contributed by atoms with Gasteiger partial charge in [0.2, 0.25) is 5.91 Å². The number of hydrogen-bond acceptors (Lipinski definition) is 4. The molecule has 0 saturated carbocycles. The summed E-state index contributed by atoms with van der Waals surface area (Å²) in [6, 6.07) is 8.38. The summed E-state index contributed by atoms with van der Waals surface area (Å²) in [7, 11) is 1.77. The van der Waals surface area contributed by atoms with Crippen molar-refractivity contribution in [3.05, 3.63) is 41.6 Å². The SMILES string of the molecule is C/N=C\c1ccc([C@H]2C[C@@H](C)CN(CC(N)=O)C2)c2cccnc12. The maximum atomic E-state index is 11.3. The van der Waals surface area contributed by atoms with Crippen LogP contribution in [0.4, 0.5) is 0 Å². The summed E-state index contributed by atoms with van der Waals surface area (Å²) < 4.78 is 0. The largest absolute Gasteiger partial charge is 0.369 e. The molecule has 3 rings (SSSR count). The van der Waals surface area contributed by atoms with Crippen molar-refractivity contribution in [3.8, 4) is 0 Å². The number of carbonyl (C=O) groups excluding carboxylic acids is 1. The second kappa shape index (κ2) is 7.09. The van der Waals surface area contributed by atoms with Crippen LogP contribution in [0.5, 0.6) is 0 Å². The number of amides is 1. The molecule has 0 spiro atoms. The Bertz CT molecular complexity index is 771. The van der Waals surface area contributed by atoms with E-state index in [4.69, 9.17) is 5.73 Å². The number of piperidine rings is 1. The van der Waals surface area contributed by atoms with Crippen LogP contribution in [0, 0.1) is 5.92 Å². The van der Waals surface area contributed by atoms with Crippen molar-refractivity contribution in [3.63, 3.8) is 0 Å². The van der Waals surface area contributed by atoms with Gasteiger partial charge in [0.05, 0.1) is 12.1 Å². The van der Waals surface area contributed by atoms with Gasteiger partial charge in [-0.15, -0.1) is 0 Å². The highest BCUT2D eigenvalue weighted by Gasteiger charge is 2.27. The normalized spacial score (nSPS) is 22.2. The molecular formula is C19H24N4O. The molecule has 0 bridgehead atoms. The number of likely N-dealkylation sites (tertiary alicyclic amines) is 1. The first-order valence-corrected chi connectivity index (χ1v) is 8.39. The lowest BCUT2D eigenvalue weighted by molar-refractivity contribution is -0.119. The lowest BCUT2D eigenvalue weighted by Crippen LogP contribution is -2.43. The van der Waals surface area contributed by atoms with E-state index in [0.29, 0.717) is 18.4 Å². The highest BCUT2D eigenvalue weighted by atomic mass is 16.1. The second-order valence-electron chi connectivity index (χ2n) is 6.73. The summed E-state index contributed by atoms with van der Waals surface area (Å²) >= 11 is 0. The van der Waals surface area contributed by atoms with Gasteiger partial charge in [-0.25, -0.2) is 0 Å². The van der Waals surface area contributed by atoms with Crippen molar-refractivity contribution in [2.45, 2.75) is 19.3 Å². The number of aliphatic imine (C=N–C) groups is 1. The van der Waals surface area contributed by atoms with Gasteiger partial charge in [0, 0.05) is 43.5 Å². The van der Waals surface area contributed by atoms with Gasteiger partial charge in [-0.2, -0.15) is 0 Å². The smallest absolute Gasteiger partial charge is 0.231 e. The number of nitrogens with two attached hydrogens (primary N) is 1. The standard InChI is InChI=1S/C19H24N4O/c1-13-8-15(11-23(10-13)12-18(20)24)16-6-5-14(9-21-2)19-17(16)4-3-7-22-19/h3-7,9,13,15H,8,10-12H2,1-2H3,(H2,20,24)/b21-9-/t13-,15+/m1/s1. The quantitative estimate of drug-likeness (QED) is 0.876. The number of aromatic nitrogens is 1. The Hall–Kier alpha value is -2.27. The van der Waals surface area contributed by atoms with Gasteiger partial charge < -0.3 is 5.73 Å². The van der Waals surface area contributed by atoms with Gasteiger partial charge in [-0.1, -0.05) is 25.1 Å². The zero-order chi connectivity index (χ0) is 17.1. The van der Waals surface area contributed by atoms with Gasteiger partial charge in [-0.3, -0.25) is 19.7 Å². The minimum absolute atomic E-state index is 0.260. The maximum absolute atomic E-state index is 11.3. The Kier molecular flexibility index (Phi) is 4.90. The molecule has 0 radical (unpaired) electrons. The number of carbonyl (C=O) groups is 1. The van der Waals surface area contributed by atoms with Crippen LogP contribution in [0.3, 0.4) is 0 Å². The van der Waals surface area contributed by atoms with Crippen LogP contribution in [0.25, 0.3) is 10.9 Å². The van der Waals surface area contributed by atoms with Gasteiger partial charge in [0.15, 0.2) is 0 Å². The average molecular weight is 324 g/mol. The summed E-state index contributed by atoms with van der Waals surface area (Å²) in [5.41, 5.74) is 8.71. The predicted octanol–water partition coefficient (Wildman–Crippen LogP) is 2.19. The van der Waals surface area contributed by atoms with Gasteiger partial charge >= 0.3 is 0 Å². The Morgan fingerprint density at radius 2 is 2.25 bits per heavy atom. The number of hydrogen-bond donors (Lipinski definition) is 1. The molecule has 2 heterocycles. The lowest BCUT2D eigenvalue weighted by Gasteiger charge is -2.36. The van der Waals surface area contributed by atoms with E-state index < -0.39 is 0 Å². The average Bonchev–Trinajstić information content (AvgIpc) is 2.54. The predicted molar refractivity (Wildman–Crippen MR) is 97.4 cm³/mol. The Balaban J connectivity index is 1.99. The second-order valence-corrected chi connectivity index (χ2v) is 6.73. The summed E-state index contributed by atoms with van der Waals surface area (Å²) in [6.07, 6.45) is 4.78. The van der Waals surface area contributed by atoms with Crippen LogP contribution in [-0.2, 0) is 4.79 Å². The van der Waals surface area contributed by atoms with Crippen LogP contribution in [0.2, 0.25) is 0 Å². The minimum Gasteiger partial charge on any atom is -0.369 e. The van der Waals surface area contributed by atoms with Crippen molar-refractivity contribution in [1.29, 1.82) is 0 Å². The minimum atomic E-state index is -0.260. The highest BCUT2D eigenvalue weighted by molar-refractivity contribution is 5.98. The molecule has 2 atom stereocenters. The fourth-order valence-electron chi connectivity index (χ4n) is 3.85. The molecule has 0 aliphatic carbocycles. The van der Waals surface area contributed by atoms with E-state index in [1.165, 1.54) is 10.9 Å². The zero-order valence-corrected chi connectivity index (χ0v) is 14.3. The number of nitrogens with zero attached hydrogens (tertiary/aromatic N) is 3. The third-order valence-electron chi connectivity index (χ3n) is 4.66. The molecule has 1 aliphatic heterocycles. The summed E-state index contributed by atoms with van der Waals surface area (Å²) in [6.45, 7) is 4.35. The lowest BCUT2D eigenvalue weighted by atomic mass is 9.83. The van der Waals surface area contributed by atoms with Gasteiger partial charge in [0.25, 0.3) is 0 Å². The first-order chi connectivity index (χ1) is 11.6. The van der Waals surface area contributed by atoms with Crippen LogP contribution >= 0.6 is 0 Å². The molecule has 5 nitrogen and oxygen atoms in total. The molecule has 0 unspecified atom stereocenters. The monoisotopic (exact) mass is 324 g/mol.